The Morgan fingerprint density at radius 1 is 0.783 bits per heavy atom. The summed E-state index contributed by atoms with van der Waals surface area (Å²) in [5.41, 5.74) is 3.99. The van der Waals surface area contributed by atoms with Crippen molar-refractivity contribution in [1.82, 2.24) is 0 Å². The molecule has 0 heterocycles. The zero-order valence-electron chi connectivity index (χ0n) is 12.6. The summed E-state index contributed by atoms with van der Waals surface area (Å²) in [5.74, 6) is 0.0647. The first-order valence-electron chi connectivity index (χ1n) is 7.37. The van der Waals surface area contributed by atoms with E-state index in [-0.39, 0.29) is 0 Å². The molecule has 2 nitrogen and oxygen atoms in total. The Hall–Kier alpha value is -3.13. The molecule has 0 amide bonds. The van der Waals surface area contributed by atoms with Crippen molar-refractivity contribution in [2.24, 2.45) is 0 Å². The second-order valence-corrected chi connectivity index (χ2v) is 5.04. The first-order valence-corrected chi connectivity index (χ1v) is 7.37. The highest BCUT2D eigenvalue weighted by molar-refractivity contribution is 5.91. The standard InChI is InChI=1S/C21H16O2/c1-2-20(22)23-19-15-9-14-18(16-10-5-3-6-11-16)21(19)17-12-7-4-8-13-17/h2-15H,1H2. The van der Waals surface area contributed by atoms with Gasteiger partial charge in [0, 0.05) is 11.6 Å². The number of rotatable bonds is 4. The van der Waals surface area contributed by atoms with Gasteiger partial charge >= 0.3 is 5.97 Å². The van der Waals surface area contributed by atoms with Gasteiger partial charge in [0.25, 0.3) is 0 Å². The van der Waals surface area contributed by atoms with E-state index >= 15 is 0 Å². The van der Waals surface area contributed by atoms with Gasteiger partial charge in [-0.05, 0) is 22.8 Å². The highest BCUT2D eigenvalue weighted by Crippen LogP contribution is 2.39. The molecule has 0 bridgehead atoms. The molecule has 2 heteroatoms. The van der Waals surface area contributed by atoms with Crippen LogP contribution < -0.4 is 4.74 Å². The van der Waals surface area contributed by atoms with E-state index in [1.807, 2.05) is 72.8 Å². The summed E-state index contributed by atoms with van der Waals surface area (Å²) in [7, 11) is 0. The molecule has 3 aromatic carbocycles. The molecule has 3 rings (SSSR count). The number of hydrogen-bond acceptors (Lipinski definition) is 2. The molecule has 0 radical (unpaired) electrons. The van der Waals surface area contributed by atoms with Gasteiger partial charge in [-0.25, -0.2) is 4.79 Å². The second kappa shape index (κ2) is 6.75. The largest absolute Gasteiger partial charge is 0.423 e. The number of ether oxygens (including phenoxy) is 1. The molecule has 0 saturated carbocycles. The first kappa shape index (κ1) is 14.8. The summed E-state index contributed by atoms with van der Waals surface area (Å²) in [6, 6.07) is 25.7. The molecular weight excluding hydrogens is 284 g/mol. The van der Waals surface area contributed by atoms with Crippen molar-refractivity contribution >= 4 is 5.97 Å². The molecule has 112 valence electrons. The third kappa shape index (κ3) is 3.22. The van der Waals surface area contributed by atoms with E-state index in [4.69, 9.17) is 4.74 Å². The van der Waals surface area contributed by atoms with E-state index < -0.39 is 5.97 Å². The summed E-state index contributed by atoms with van der Waals surface area (Å²) in [5, 5.41) is 0. The van der Waals surface area contributed by atoms with Gasteiger partial charge in [0.2, 0.25) is 0 Å². The molecule has 0 aliphatic rings. The number of carbonyl (C=O) groups excluding carboxylic acids is 1. The molecule has 0 aromatic heterocycles. The monoisotopic (exact) mass is 300 g/mol. The Balaban J connectivity index is 2.22. The van der Waals surface area contributed by atoms with Crippen LogP contribution in [0.25, 0.3) is 22.3 Å². The average Bonchev–Trinajstić information content (AvgIpc) is 2.63. The van der Waals surface area contributed by atoms with Crippen molar-refractivity contribution in [2.45, 2.75) is 0 Å². The topological polar surface area (TPSA) is 26.3 Å². The fraction of sp³-hybridized carbons (Fsp3) is 0. The summed E-state index contributed by atoms with van der Waals surface area (Å²) in [6.45, 7) is 3.47. The Morgan fingerprint density at radius 3 is 2.00 bits per heavy atom. The van der Waals surface area contributed by atoms with Crippen LogP contribution in [-0.4, -0.2) is 5.97 Å². The van der Waals surface area contributed by atoms with Gasteiger partial charge < -0.3 is 4.74 Å². The van der Waals surface area contributed by atoms with Crippen LogP contribution >= 0.6 is 0 Å². The molecule has 3 aromatic rings. The van der Waals surface area contributed by atoms with Gasteiger partial charge in [0.1, 0.15) is 5.75 Å². The smallest absolute Gasteiger partial charge is 0.335 e. The molecule has 0 spiro atoms. The van der Waals surface area contributed by atoms with E-state index in [1.165, 1.54) is 6.08 Å². The maximum absolute atomic E-state index is 11.7. The minimum atomic E-state index is -0.465. The normalized spacial score (nSPS) is 10.1. The summed E-state index contributed by atoms with van der Waals surface area (Å²) in [4.78, 5) is 11.7. The predicted molar refractivity (Wildman–Crippen MR) is 93.1 cm³/mol. The van der Waals surface area contributed by atoms with Crippen LogP contribution in [0, 0.1) is 0 Å². The van der Waals surface area contributed by atoms with E-state index in [0.717, 1.165) is 22.3 Å². The maximum Gasteiger partial charge on any atom is 0.335 e. The van der Waals surface area contributed by atoms with Crippen molar-refractivity contribution < 1.29 is 9.53 Å². The molecule has 0 saturated heterocycles. The van der Waals surface area contributed by atoms with Crippen LogP contribution in [0.3, 0.4) is 0 Å². The first-order chi connectivity index (χ1) is 11.3. The number of carbonyl (C=O) groups is 1. The third-order valence-corrected chi connectivity index (χ3v) is 3.55. The predicted octanol–water partition coefficient (Wildman–Crippen LogP) is 5.11. The molecule has 0 N–H and O–H groups in total. The van der Waals surface area contributed by atoms with E-state index in [9.17, 15) is 4.79 Å². The molecule has 0 fully saturated rings. The molecule has 0 aliphatic carbocycles. The SMILES string of the molecule is C=CC(=O)Oc1cccc(-c2ccccc2)c1-c1ccccc1. The van der Waals surface area contributed by atoms with Crippen molar-refractivity contribution in [1.29, 1.82) is 0 Å². The van der Waals surface area contributed by atoms with Crippen LogP contribution in [0.4, 0.5) is 0 Å². The number of esters is 1. The van der Waals surface area contributed by atoms with Crippen molar-refractivity contribution in [3.05, 3.63) is 91.5 Å². The molecule has 0 atom stereocenters. The van der Waals surface area contributed by atoms with Crippen molar-refractivity contribution in [3.8, 4) is 28.0 Å². The van der Waals surface area contributed by atoms with Gasteiger partial charge in [-0.3, -0.25) is 0 Å². The summed E-state index contributed by atoms with van der Waals surface area (Å²) < 4.78 is 5.45. The van der Waals surface area contributed by atoms with Gasteiger partial charge in [-0.1, -0.05) is 79.4 Å². The van der Waals surface area contributed by atoms with Crippen LogP contribution in [-0.2, 0) is 4.79 Å². The van der Waals surface area contributed by atoms with Crippen LogP contribution in [0.5, 0.6) is 5.75 Å². The highest BCUT2D eigenvalue weighted by Gasteiger charge is 2.14. The van der Waals surface area contributed by atoms with Gasteiger partial charge in [0.05, 0.1) is 0 Å². The van der Waals surface area contributed by atoms with E-state index in [1.54, 1.807) is 6.07 Å². The minimum Gasteiger partial charge on any atom is -0.423 e. The quantitative estimate of drug-likeness (QED) is 0.380. The molecule has 23 heavy (non-hydrogen) atoms. The zero-order chi connectivity index (χ0) is 16.1. The molecular formula is C21H16O2. The Morgan fingerprint density at radius 2 is 1.39 bits per heavy atom. The zero-order valence-corrected chi connectivity index (χ0v) is 12.6. The Labute approximate surface area is 135 Å². The van der Waals surface area contributed by atoms with E-state index in [0.29, 0.717) is 5.75 Å². The lowest BCUT2D eigenvalue weighted by molar-refractivity contribution is -0.128. The fourth-order valence-electron chi connectivity index (χ4n) is 2.53. The third-order valence-electron chi connectivity index (χ3n) is 3.55. The van der Waals surface area contributed by atoms with Crippen LogP contribution in [0.2, 0.25) is 0 Å². The molecule has 0 aliphatic heterocycles. The lowest BCUT2D eigenvalue weighted by Crippen LogP contribution is -2.04. The Kier molecular flexibility index (Phi) is 4.34. The fourth-order valence-corrected chi connectivity index (χ4v) is 2.53. The van der Waals surface area contributed by atoms with Crippen molar-refractivity contribution in [3.63, 3.8) is 0 Å². The summed E-state index contributed by atoms with van der Waals surface area (Å²) in [6.07, 6.45) is 1.17. The van der Waals surface area contributed by atoms with Gasteiger partial charge in [-0.15, -0.1) is 0 Å². The van der Waals surface area contributed by atoms with Gasteiger partial charge in [-0.2, -0.15) is 0 Å². The lowest BCUT2D eigenvalue weighted by atomic mass is 9.94. The van der Waals surface area contributed by atoms with Crippen LogP contribution in [0.15, 0.2) is 91.5 Å². The van der Waals surface area contributed by atoms with Crippen molar-refractivity contribution in [2.75, 3.05) is 0 Å². The lowest BCUT2D eigenvalue weighted by Gasteiger charge is -2.15. The molecule has 0 unspecified atom stereocenters. The maximum atomic E-state index is 11.7. The van der Waals surface area contributed by atoms with E-state index in [2.05, 4.69) is 6.58 Å². The Bertz CT molecular complexity index is 821. The number of hydrogen-bond donors (Lipinski definition) is 0. The minimum absolute atomic E-state index is 0.465. The highest BCUT2D eigenvalue weighted by atomic mass is 16.5. The summed E-state index contributed by atoms with van der Waals surface area (Å²) >= 11 is 0. The van der Waals surface area contributed by atoms with Gasteiger partial charge in [0.15, 0.2) is 0 Å². The number of benzene rings is 3. The average molecular weight is 300 g/mol. The van der Waals surface area contributed by atoms with Crippen LogP contribution in [0.1, 0.15) is 0 Å². The second-order valence-electron chi connectivity index (χ2n) is 5.04.